The molecule has 7 nitrogen and oxygen atoms in total. The number of hydroxylamine groups is 1. The van der Waals surface area contributed by atoms with Crippen molar-refractivity contribution in [2.24, 2.45) is 4.99 Å². The summed E-state index contributed by atoms with van der Waals surface area (Å²) in [6.07, 6.45) is 0.479. The van der Waals surface area contributed by atoms with Gasteiger partial charge in [-0.1, -0.05) is 41.4 Å². The van der Waals surface area contributed by atoms with E-state index in [0.29, 0.717) is 17.1 Å². The van der Waals surface area contributed by atoms with Gasteiger partial charge in [-0.3, -0.25) is 9.83 Å². The molecule has 1 aromatic heterocycles. The second kappa shape index (κ2) is 9.34. The molecule has 0 fully saturated rings. The molecule has 0 amide bonds. The van der Waals surface area contributed by atoms with Gasteiger partial charge >= 0.3 is 0 Å². The van der Waals surface area contributed by atoms with E-state index in [1.165, 1.54) is 18.2 Å². The van der Waals surface area contributed by atoms with Crippen LogP contribution in [0.4, 0.5) is 4.39 Å². The smallest absolute Gasteiger partial charge is 0.229 e. The minimum Gasteiger partial charge on any atom is -0.272 e. The van der Waals surface area contributed by atoms with Gasteiger partial charge in [-0.25, -0.2) is 18.3 Å². The van der Waals surface area contributed by atoms with E-state index in [0.717, 1.165) is 17.2 Å². The topological polar surface area (TPSA) is 93.5 Å². The Labute approximate surface area is 200 Å². The lowest BCUT2D eigenvalue weighted by Gasteiger charge is -2.23. The van der Waals surface area contributed by atoms with Crippen LogP contribution in [0.2, 0.25) is 10.0 Å². The fourth-order valence-corrected chi connectivity index (χ4v) is 5.34. The largest absolute Gasteiger partial charge is 0.272 e. The van der Waals surface area contributed by atoms with Crippen molar-refractivity contribution in [1.82, 2.24) is 15.7 Å². The predicted octanol–water partition coefficient (Wildman–Crippen LogP) is 4.26. The highest BCUT2D eigenvalue weighted by Gasteiger charge is 2.31. The Hall–Kier alpha value is -2.59. The molecule has 0 saturated carbocycles. The van der Waals surface area contributed by atoms with Crippen molar-refractivity contribution >= 4 is 38.9 Å². The van der Waals surface area contributed by atoms with Crippen molar-refractivity contribution in [3.8, 4) is 0 Å². The standard InChI is InChI=1S/C22H19Cl2FN4O3S/c1-12-6-7-14(18(24)8-12)10-15-11-32-29-21(26-15)16-9-13(2)27-28-22(16)33(30,31)19-5-3-4-17(23)20(19)25/h3-9,15H,10-11H2,1-2H3,(H,26,29). The van der Waals surface area contributed by atoms with E-state index in [4.69, 9.17) is 28.0 Å². The molecule has 1 unspecified atom stereocenters. The van der Waals surface area contributed by atoms with Crippen molar-refractivity contribution in [2.45, 2.75) is 36.2 Å². The number of sulfone groups is 1. The number of nitrogens with zero attached hydrogens (tertiary/aromatic N) is 3. The molecule has 0 aliphatic carbocycles. The molecule has 1 N–H and O–H groups in total. The normalized spacial score (nSPS) is 16.3. The second-order valence-corrected chi connectivity index (χ2v) is 10.3. The molecule has 3 aromatic rings. The average molecular weight is 509 g/mol. The van der Waals surface area contributed by atoms with Gasteiger partial charge in [0, 0.05) is 5.02 Å². The minimum atomic E-state index is -4.41. The Morgan fingerprint density at radius 2 is 1.91 bits per heavy atom. The van der Waals surface area contributed by atoms with Crippen LogP contribution in [0.1, 0.15) is 22.4 Å². The lowest BCUT2D eigenvalue weighted by atomic mass is 10.0. The maximum Gasteiger partial charge on any atom is 0.229 e. The van der Waals surface area contributed by atoms with Crippen molar-refractivity contribution in [1.29, 1.82) is 0 Å². The van der Waals surface area contributed by atoms with Crippen molar-refractivity contribution < 1.29 is 17.6 Å². The number of aryl methyl sites for hydroxylation is 2. The van der Waals surface area contributed by atoms with Crippen LogP contribution in [0.3, 0.4) is 0 Å². The number of nitrogens with one attached hydrogen (secondary N) is 1. The molecule has 1 aliphatic rings. The van der Waals surface area contributed by atoms with Gasteiger partial charge in [-0.2, -0.15) is 5.10 Å². The summed E-state index contributed by atoms with van der Waals surface area (Å²) < 4.78 is 41.1. The third-order valence-corrected chi connectivity index (χ3v) is 7.37. The number of amidine groups is 1. The molecular weight excluding hydrogens is 490 g/mol. The number of benzene rings is 2. The first kappa shape index (κ1) is 23.6. The minimum absolute atomic E-state index is 0.113. The molecule has 1 atom stereocenters. The summed E-state index contributed by atoms with van der Waals surface area (Å²) in [6.45, 7) is 3.85. The van der Waals surface area contributed by atoms with Crippen LogP contribution in [0.25, 0.3) is 0 Å². The van der Waals surface area contributed by atoms with Gasteiger partial charge in [0.1, 0.15) is 4.90 Å². The first-order valence-corrected chi connectivity index (χ1v) is 12.1. The highest BCUT2D eigenvalue weighted by atomic mass is 35.5. The zero-order chi connectivity index (χ0) is 23.8. The Balaban J connectivity index is 1.76. The van der Waals surface area contributed by atoms with E-state index in [1.807, 2.05) is 25.1 Å². The van der Waals surface area contributed by atoms with Gasteiger partial charge in [-0.15, -0.1) is 5.10 Å². The molecule has 4 rings (SSSR count). The van der Waals surface area contributed by atoms with Gasteiger partial charge in [0.25, 0.3) is 0 Å². The molecule has 2 aromatic carbocycles. The van der Waals surface area contributed by atoms with Crippen LogP contribution in [0, 0.1) is 19.7 Å². The fourth-order valence-electron chi connectivity index (χ4n) is 3.39. The first-order chi connectivity index (χ1) is 15.7. The van der Waals surface area contributed by atoms with Gasteiger partial charge in [0.05, 0.1) is 28.9 Å². The quantitative estimate of drug-likeness (QED) is 0.553. The Morgan fingerprint density at radius 3 is 2.67 bits per heavy atom. The number of hydrogen-bond acceptors (Lipinski definition) is 7. The van der Waals surface area contributed by atoms with Crippen LogP contribution in [0.15, 0.2) is 57.4 Å². The number of hydrogen-bond donors (Lipinski definition) is 1. The first-order valence-electron chi connectivity index (χ1n) is 9.91. The predicted molar refractivity (Wildman–Crippen MR) is 123 cm³/mol. The summed E-state index contributed by atoms with van der Waals surface area (Å²) >= 11 is 12.2. The molecule has 33 heavy (non-hydrogen) atoms. The highest BCUT2D eigenvalue weighted by Crippen LogP contribution is 2.29. The Bertz CT molecular complexity index is 1370. The molecule has 2 heterocycles. The van der Waals surface area contributed by atoms with E-state index in [1.54, 1.807) is 6.92 Å². The van der Waals surface area contributed by atoms with Crippen molar-refractivity contribution in [2.75, 3.05) is 6.61 Å². The number of aromatic nitrogens is 2. The van der Waals surface area contributed by atoms with Crippen LogP contribution in [-0.4, -0.2) is 37.1 Å². The fraction of sp³-hybridized carbons (Fsp3) is 0.227. The van der Waals surface area contributed by atoms with Crippen molar-refractivity contribution in [3.63, 3.8) is 0 Å². The zero-order valence-corrected chi connectivity index (χ0v) is 20.0. The van der Waals surface area contributed by atoms with Gasteiger partial charge < -0.3 is 0 Å². The van der Waals surface area contributed by atoms with Crippen LogP contribution in [-0.2, 0) is 21.1 Å². The SMILES string of the molecule is Cc1ccc(CC2CONC(c3cc(C)nnc3S(=O)(=O)c3cccc(Cl)c3F)=N2)c(Cl)c1. The van der Waals surface area contributed by atoms with Gasteiger partial charge in [0.2, 0.25) is 9.84 Å². The summed E-state index contributed by atoms with van der Waals surface area (Å²) in [5.74, 6) is -0.914. The molecule has 0 bridgehead atoms. The summed E-state index contributed by atoms with van der Waals surface area (Å²) in [7, 11) is -4.41. The molecule has 0 saturated heterocycles. The van der Waals surface area contributed by atoms with E-state index < -0.39 is 25.6 Å². The van der Waals surface area contributed by atoms with Gasteiger partial charge in [0.15, 0.2) is 16.7 Å². The van der Waals surface area contributed by atoms with Crippen LogP contribution >= 0.6 is 23.2 Å². The third-order valence-electron chi connectivity index (χ3n) is 5.02. The molecule has 172 valence electrons. The average Bonchev–Trinajstić information content (AvgIpc) is 2.77. The van der Waals surface area contributed by atoms with Crippen LogP contribution < -0.4 is 5.48 Å². The number of aliphatic imine (C=N–C) groups is 1. The number of halogens is 3. The molecule has 0 radical (unpaired) electrons. The summed E-state index contributed by atoms with van der Waals surface area (Å²) in [6, 6.07) is 10.6. The molecular formula is C22H19Cl2FN4O3S. The third kappa shape index (κ3) is 4.86. The maximum atomic E-state index is 14.6. The van der Waals surface area contributed by atoms with E-state index in [2.05, 4.69) is 20.7 Å². The second-order valence-electron chi connectivity index (χ2n) is 7.60. The lowest BCUT2D eigenvalue weighted by molar-refractivity contribution is 0.0623. The monoisotopic (exact) mass is 508 g/mol. The molecule has 11 heteroatoms. The zero-order valence-electron chi connectivity index (χ0n) is 17.6. The Kier molecular flexibility index (Phi) is 6.67. The summed E-state index contributed by atoms with van der Waals surface area (Å²) in [4.78, 5) is 9.51. The summed E-state index contributed by atoms with van der Waals surface area (Å²) in [5, 5.41) is 7.56. The lowest BCUT2D eigenvalue weighted by Crippen LogP contribution is -2.37. The Morgan fingerprint density at radius 1 is 1.12 bits per heavy atom. The summed E-state index contributed by atoms with van der Waals surface area (Å²) in [5.41, 5.74) is 5.14. The van der Waals surface area contributed by atoms with Crippen molar-refractivity contribution in [3.05, 3.63) is 80.7 Å². The van der Waals surface area contributed by atoms with E-state index >= 15 is 0 Å². The van der Waals surface area contributed by atoms with E-state index in [-0.39, 0.29) is 29.1 Å². The molecule has 1 aliphatic heterocycles. The van der Waals surface area contributed by atoms with Gasteiger partial charge in [-0.05, 0) is 55.7 Å². The highest BCUT2D eigenvalue weighted by molar-refractivity contribution is 7.91. The number of rotatable bonds is 5. The van der Waals surface area contributed by atoms with Crippen LogP contribution in [0.5, 0.6) is 0 Å². The van der Waals surface area contributed by atoms with E-state index in [9.17, 15) is 12.8 Å². The molecule has 0 spiro atoms. The maximum absolute atomic E-state index is 14.6.